The smallest absolute Gasteiger partial charge is 0.297 e. The third kappa shape index (κ3) is 5.63. The Morgan fingerprint density at radius 3 is 2.18 bits per heavy atom. The first-order valence-corrected chi connectivity index (χ1v) is 13.9. The molecule has 1 saturated heterocycles. The number of ketones is 1. The van der Waals surface area contributed by atoms with Gasteiger partial charge in [-0.3, -0.25) is 9.69 Å². The number of Topliss-reactive ketones (excluding diaryl/α,β-unsaturated/α-hetero) is 1. The average Bonchev–Trinajstić information content (AvgIpc) is 3.60. The highest BCUT2D eigenvalue weighted by molar-refractivity contribution is 8.72. The Hall–Kier alpha value is -1.84. The number of hydrogen-bond donors (Lipinski definition) is 0. The van der Waals surface area contributed by atoms with Gasteiger partial charge in [-0.05, 0) is 67.2 Å². The lowest BCUT2D eigenvalue weighted by Gasteiger charge is -2.37. The van der Waals surface area contributed by atoms with E-state index in [0.29, 0.717) is 38.8 Å². The molecular weight excluding hydrogens is 471 g/mol. The van der Waals surface area contributed by atoms with Gasteiger partial charge in [0.1, 0.15) is 0 Å². The fourth-order valence-corrected chi connectivity index (χ4v) is 7.95. The van der Waals surface area contributed by atoms with Crippen molar-refractivity contribution in [2.24, 2.45) is 5.92 Å². The molecule has 0 bridgehead atoms. The van der Waals surface area contributed by atoms with Crippen molar-refractivity contribution in [1.29, 1.82) is 0 Å². The van der Waals surface area contributed by atoms with Crippen LogP contribution in [0.5, 0.6) is 0 Å². The number of benzene rings is 2. The van der Waals surface area contributed by atoms with Crippen molar-refractivity contribution in [3.63, 3.8) is 0 Å². The number of alkyl halides is 3. The zero-order valence-corrected chi connectivity index (χ0v) is 19.8. The van der Waals surface area contributed by atoms with E-state index in [1.165, 1.54) is 18.2 Å². The third-order valence-electron chi connectivity index (χ3n) is 6.22. The molecule has 2 aromatic rings. The molecule has 1 atom stereocenters. The SMILES string of the molecule is Cc1ccc(S(=O)(=O)SC2CCN(C(C(=O)C3CC3)c3ccccc3C(F)(F)F)CC2)cc1. The summed E-state index contributed by atoms with van der Waals surface area (Å²) in [6.45, 7) is 2.63. The Morgan fingerprint density at radius 2 is 1.61 bits per heavy atom. The highest BCUT2D eigenvalue weighted by atomic mass is 33.1. The summed E-state index contributed by atoms with van der Waals surface area (Å²) in [7, 11) is -2.62. The van der Waals surface area contributed by atoms with Gasteiger partial charge in [-0.15, -0.1) is 0 Å². The second-order valence-corrected chi connectivity index (χ2v) is 12.9. The summed E-state index contributed by atoms with van der Waals surface area (Å²) >= 11 is 0. The molecule has 1 unspecified atom stereocenters. The zero-order valence-electron chi connectivity index (χ0n) is 18.2. The number of piperidine rings is 1. The fraction of sp³-hybridized carbons (Fsp3) is 0.458. The van der Waals surface area contributed by atoms with Crippen LogP contribution in [0.3, 0.4) is 0 Å². The van der Waals surface area contributed by atoms with Crippen molar-refractivity contribution >= 4 is 25.4 Å². The van der Waals surface area contributed by atoms with Crippen LogP contribution in [0.25, 0.3) is 0 Å². The average molecular weight is 498 g/mol. The van der Waals surface area contributed by atoms with Gasteiger partial charge in [0, 0.05) is 24.3 Å². The minimum Gasteiger partial charge on any atom is -0.297 e. The highest BCUT2D eigenvalue weighted by Gasteiger charge is 2.44. The van der Waals surface area contributed by atoms with Crippen molar-refractivity contribution in [1.82, 2.24) is 4.90 Å². The van der Waals surface area contributed by atoms with Gasteiger partial charge in [-0.25, -0.2) is 8.42 Å². The predicted octanol–water partition coefficient (Wildman–Crippen LogP) is 5.62. The molecular formula is C24H26F3NO3S2. The molecule has 2 aromatic carbocycles. The van der Waals surface area contributed by atoms with E-state index >= 15 is 0 Å². The van der Waals surface area contributed by atoms with E-state index < -0.39 is 26.7 Å². The molecule has 1 heterocycles. The molecule has 178 valence electrons. The molecule has 1 aliphatic heterocycles. The lowest BCUT2D eigenvalue weighted by molar-refractivity contribution is -0.139. The van der Waals surface area contributed by atoms with Gasteiger partial charge in [0.2, 0.25) is 8.87 Å². The zero-order chi connectivity index (χ0) is 23.8. The third-order valence-corrected chi connectivity index (χ3v) is 10.2. The van der Waals surface area contributed by atoms with Gasteiger partial charge in [0.05, 0.1) is 16.5 Å². The monoisotopic (exact) mass is 497 g/mol. The van der Waals surface area contributed by atoms with E-state index in [-0.39, 0.29) is 27.4 Å². The van der Waals surface area contributed by atoms with Gasteiger partial charge >= 0.3 is 6.18 Å². The van der Waals surface area contributed by atoms with Crippen LogP contribution in [0.15, 0.2) is 53.4 Å². The number of carbonyl (C=O) groups excluding carboxylic acids is 1. The first kappa shape index (κ1) is 24.3. The summed E-state index contributed by atoms with van der Waals surface area (Å²) in [6.07, 6.45) is -2.15. The first-order chi connectivity index (χ1) is 15.6. The standard InChI is InChI=1S/C24H26F3NO3S2/c1-16-6-10-19(11-7-16)33(30,31)32-18-12-14-28(15-13-18)22(23(29)17-8-9-17)20-4-2-3-5-21(20)24(25,26)27/h2-7,10-11,17-18,22H,8-9,12-15H2,1H3. The van der Waals surface area contributed by atoms with Crippen molar-refractivity contribution in [3.05, 3.63) is 65.2 Å². The molecule has 1 saturated carbocycles. The molecule has 4 rings (SSSR count). The Morgan fingerprint density at radius 1 is 1.00 bits per heavy atom. The topological polar surface area (TPSA) is 54.5 Å². The van der Waals surface area contributed by atoms with Gasteiger partial charge in [-0.1, -0.05) is 35.9 Å². The van der Waals surface area contributed by atoms with Crippen molar-refractivity contribution in [2.75, 3.05) is 13.1 Å². The van der Waals surface area contributed by atoms with Gasteiger partial charge in [0.15, 0.2) is 5.78 Å². The van der Waals surface area contributed by atoms with Crippen LogP contribution in [0, 0.1) is 12.8 Å². The van der Waals surface area contributed by atoms with Crippen LogP contribution in [0.1, 0.15) is 48.4 Å². The van der Waals surface area contributed by atoms with Crippen LogP contribution in [-0.4, -0.2) is 37.4 Å². The number of rotatable bonds is 7. The Kier molecular flexibility index (Phi) is 6.94. The second-order valence-electron chi connectivity index (χ2n) is 8.76. The van der Waals surface area contributed by atoms with Gasteiger partial charge in [0.25, 0.3) is 0 Å². The Bertz CT molecular complexity index is 1100. The van der Waals surface area contributed by atoms with Crippen molar-refractivity contribution in [2.45, 2.75) is 55.0 Å². The van der Waals surface area contributed by atoms with E-state index in [9.17, 15) is 26.4 Å². The molecule has 4 nitrogen and oxygen atoms in total. The van der Waals surface area contributed by atoms with E-state index in [0.717, 1.165) is 22.4 Å². The molecule has 0 radical (unpaired) electrons. The largest absolute Gasteiger partial charge is 0.416 e. The molecule has 0 N–H and O–H groups in total. The molecule has 1 aliphatic carbocycles. The quantitative estimate of drug-likeness (QED) is 0.465. The van der Waals surface area contributed by atoms with Crippen molar-refractivity contribution < 1.29 is 26.4 Å². The van der Waals surface area contributed by atoms with Crippen LogP contribution >= 0.6 is 10.8 Å². The number of likely N-dealkylation sites (tertiary alicyclic amines) is 1. The molecule has 0 aromatic heterocycles. The molecule has 0 amide bonds. The summed E-state index contributed by atoms with van der Waals surface area (Å²) in [4.78, 5) is 15.2. The maximum Gasteiger partial charge on any atom is 0.416 e. The normalized spacial score (nSPS) is 19.4. The van der Waals surface area contributed by atoms with Crippen LogP contribution in [0.4, 0.5) is 13.2 Å². The number of nitrogens with zero attached hydrogens (tertiary/aromatic N) is 1. The molecule has 33 heavy (non-hydrogen) atoms. The number of halogens is 3. The molecule has 2 fully saturated rings. The summed E-state index contributed by atoms with van der Waals surface area (Å²) < 4.78 is 66.6. The molecule has 2 aliphatic rings. The molecule has 0 spiro atoms. The second kappa shape index (κ2) is 9.43. The van der Waals surface area contributed by atoms with Crippen molar-refractivity contribution in [3.8, 4) is 0 Å². The maximum atomic E-state index is 13.7. The lowest BCUT2D eigenvalue weighted by atomic mass is 9.92. The predicted molar refractivity (Wildman–Crippen MR) is 122 cm³/mol. The Balaban J connectivity index is 1.51. The van der Waals surface area contributed by atoms with Gasteiger partial charge < -0.3 is 0 Å². The summed E-state index contributed by atoms with van der Waals surface area (Å²) in [5.41, 5.74) is 0.195. The molecule has 9 heteroatoms. The van der Waals surface area contributed by atoms with E-state index in [1.807, 2.05) is 6.92 Å². The van der Waals surface area contributed by atoms with E-state index in [1.54, 1.807) is 29.2 Å². The Labute approximate surface area is 195 Å². The summed E-state index contributed by atoms with van der Waals surface area (Å²) in [6, 6.07) is 11.0. The van der Waals surface area contributed by atoms with E-state index in [4.69, 9.17) is 0 Å². The summed E-state index contributed by atoms with van der Waals surface area (Å²) in [5, 5.41) is -0.179. The van der Waals surface area contributed by atoms with E-state index in [2.05, 4.69) is 0 Å². The van der Waals surface area contributed by atoms with Crippen LogP contribution in [0.2, 0.25) is 0 Å². The van der Waals surface area contributed by atoms with Crippen LogP contribution < -0.4 is 0 Å². The number of aryl methyl sites for hydroxylation is 1. The van der Waals surface area contributed by atoms with Gasteiger partial charge in [-0.2, -0.15) is 13.2 Å². The summed E-state index contributed by atoms with van der Waals surface area (Å²) in [5.74, 6) is -0.351. The lowest BCUT2D eigenvalue weighted by Crippen LogP contribution is -2.42. The minimum absolute atomic E-state index is 0.000259. The fourth-order valence-electron chi connectivity index (χ4n) is 4.28. The number of hydrogen-bond acceptors (Lipinski definition) is 5. The van der Waals surface area contributed by atoms with Crippen LogP contribution in [-0.2, 0) is 19.8 Å². The first-order valence-electron chi connectivity index (χ1n) is 11.0. The number of carbonyl (C=O) groups is 1. The minimum atomic E-state index is -4.55. The highest BCUT2D eigenvalue weighted by Crippen LogP contribution is 2.43. The maximum absolute atomic E-state index is 13.7.